The second kappa shape index (κ2) is 4.10. The summed E-state index contributed by atoms with van der Waals surface area (Å²) in [6.45, 7) is 0. The normalized spacial score (nSPS) is 10.3. The molecule has 1 radical (unpaired) electrons. The molecule has 0 unspecified atom stereocenters. The molecule has 0 atom stereocenters. The fourth-order valence-corrected chi connectivity index (χ4v) is 0. The standard InChI is InChI=1S/FH3O4Si.La/c1-5-6(2,3)4;/h2-4H;. The van der Waals surface area contributed by atoms with Crippen molar-refractivity contribution in [2.75, 3.05) is 0 Å². The Morgan fingerprint density at radius 1 is 1.29 bits per heavy atom. The minimum atomic E-state index is -4.80. The Labute approximate surface area is 67.9 Å². The van der Waals surface area contributed by atoms with E-state index < -0.39 is 9.05 Å². The first kappa shape index (κ1) is 11.0. The molecular weight excluding hydrogens is 250 g/mol. The van der Waals surface area contributed by atoms with Crippen LogP contribution < -0.4 is 0 Å². The first-order valence-electron chi connectivity index (χ1n) is 1.03. The molecule has 0 saturated carbocycles. The van der Waals surface area contributed by atoms with Gasteiger partial charge in [-0.3, -0.25) is 0 Å². The van der Waals surface area contributed by atoms with Gasteiger partial charge in [-0.2, -0.15) is 4.63 Å². The Bertz CT molecular complexity index is 41.4. The van der Waals surface area contributed by atoms with Crippen molar-refractivity contribution in [1.82, 2.24) is 0 Å². The van der Waals surface area contributed by atoms with Gasteiger partial charge in [-0.1, -0.05) is 4.53 Å². The topological polar surface area (TPSA) is 69.9 Å². The Morgan fingerprint density at radius 2 is 1.43 bits per heavy atom. The van der Waals surface area contributed by atoms with Crippen molar-refractivity contribution < 1.29 is 59.1 Å². The summed E-state index contributed by atoms with van der Waals surface area (Å²) in [4.78, 5) is 22.4. The molecule has 41 valence electrons. The Morgan fingerprint density at radius 3 is 1.43 bits per heavy atom. The molecule has 0 bridgehead atoms. The van der Waals surface area contributed by atoms with Crippen LogP contribution in [0.2, 0.25) is 0 Å². The molecule has 0 aromatic heterocycles. The number of hydrogen-bond donors (Lipinski definition) is 3. The summed E-state index contributed by atoms with van der Waals surface area (Å²) >= 11 is 0. The minimum absolute atomic E-state index is 0. The minimum Gasteiger partial charge on any atom is -0.366 e. The average molecular weight is 253 g/mol. The molecule has 0 aliphatic carbocycles. The van der Waals surface area contributed by atoms with E-state index in [0.717, 1.165) is 0 Å². The van der Waals surface area contributed by atoms with Crippen molar-refractivity contribution in [2.24, 2.45) is 0 Å². The van der Waals surface area contributed by atoms with Crippen LogP contribution in [-0.4, -0.2) is 23.4 Å². The van der Waals surface area contributed by atoms with Crippen molar-refractivity contribution in [3.63, 3.8) is 0 Å². The van der Waals surface area contributed by atoms with Crippen LogP contribution in [0, 0.1) is 35.6 Å². The zero-order valence-electron chi connectivity index (χ0n) is 3.21. The fraction of sp³-hybridized carbons (Fsp3) is 0. The molecule has 7 heteroatoms. The maximum absolute atomic E-state index is 10.3. The molecule has 0 spiro atoms. The number of hydrogen-bond acceptors (Lipinski definition) is 4. The van der Waals surface area contributed by atoms with Gasteiger partial charge in [-0.25, -0.2) is 0 Å². The van der Waals surface area contributed by atoms with Crippen molar-refractivity contribution >= 4 is 9.05 Å². The van der Waals surface area contributed by atoms with Crippen LogP contribution in [-0.2, 0) is 4.63 Å². The predicted molar refractivity (Wildman–Crippen MR) is 14.6 cm³/mol. The second-order valence-corrected chi connectivity index (χ2v) is 1.95. The van der Waals surface area contributed by atoms with Crippen LogP contribution in [0.15, 0.2) is 0 Å². The first-order chi connectivity index (χ1) is 2.56. The van der Waals surface area contributed by atoms with E-state index >= 15 is 0 Å². The zero-order chi connectivity index (χ0) is 5.21. The molecule has 4 nitrogen and oxygen atoms in total. The van der Waals surface area contributed by atoms with Gasteiger partial charge in [0.25, 0.3) is 0 Å². The molecule has 0 amide bonds. The number of halogens is 1. The van der Waals surface area contributed by atoms with E-state index in [1.165, 1.54) is 0 Å². The fourth-order valence-electron chi connectivity index (χ4n) is 0. The van der Waals surface area contributed by atoms with Crippen molar-refractivity contribution in [1.29, 1.82) is 0 Å². The predicted octanol–water partition coefficient (Wildman–Crippen LogP) is -1.70. The third-order valence-electron chi connectivity index (χ3n) is 0.104. The third-order valence-corrected chi connectivity index (χ3v) is 0.311. The largest absolute Gasteiger partial charge is 0.703 e. The van der Waals surface area contributed by atoms with Crippen molar-refractivity contribution in [3.05, 3.63) is 0 Å². The summed E-state index contributed by atoms with van der Waals surface area (Å²) in [5.74, 6) is 0. The summed E-state index contributed by atoms with van der Waals surface area (Å²) in [6, 6.07) is 0. The molecule has 0 saturated heterocycles. The Kier molecular flexibility index (Phi) is 6.47. The smallest absolute Gasteiger partial charge is 0.366 e. The molecule has 0 rings (SSSR count). The van der Waals surface area contributed by atoms with Gasteiger partial charge in [0, 0.05) is 35.6 Å². The molecule has 3 N–H and O–H groups in total. The molecule has 0 aliphatic rings. The van der Waals surface area contributed by atoms with Crippen LogP contribution in [0.4, 0.5) is 4.53 Å². The van der Waals surface area contributed by atoms with Gasteiger partial charge < -0.3 is 14.4 Å². The van der Waals surface area contributed by atoms with E-state index in [-0.39, 0.29) is 35.6 Å². The van der Waals surface area contributed by atoms with E-state index in [2.05, 4.69) is 4.63 Å². The van der Waals surface area contributed by atoms with Gasteiger partial charge >= 0.3 is 9.05 Å². The van der Waals surface area contributed by atoms with Gasteiger partial charge in [0.2, 0.25) is 0 Å². The van der Waals surface area contributed by atoms with Crippen molar-refractivity contribution in [2.45, 2.75) is 0 Å². The first-order valence-corrected chi connectivity index (χ1v) is 2.78. The maximum Gasteiger partial charge on any atom is 0.703 e. The molecular formula is H3FLaO4Si. The summed E-state index contributed by atoms with van der Waals surface area (Å²) in [6.07, 6.45) is 0. The SMILES string of the molecule is O[Si](O)(O)OF.[La]. The zero-order valence-corrected chi connectivity index (χ0v) is 7.83. The summed E-state index contributed by atoms with van der Waals surface area (Å²) in [7, 11) is -4.80. The monoisotopic (exact) mass is 253 g/mol. The molecule has 7 heavy (non-hydrogen) atoms. The van der Waals surface area contributed by atoms with E-state index in [0.29, 0.717) is 0 Å². The van der Waals surface area contributed by atoms with Gasteiger partial charge in [-0.05, 0) is 0 Å². The van der Waals surface area contributed by atoms with E-state index in [1.54, 1.807) is 0 Å². The molecule has 0 heterocycles. The number of rotatable bonds is 1. The quantitative estimate of drug-likeness (QED) is 0.487. The van der Waals surface area contributed by atoms with Crippen LogP contribution in [0.1, 0.15) is 0 Å². The van der Waals surface area contributed by atoms with Gasteiger partial charge in [0.05, 0.1) is 0 Å². The van der Waals surface area contributed by atoms with Crippen molar-refractivity contribution in [3.8, 4) is 0 Å². The van der Waals surface area contributed by atoms with Crippen LogP contribution >= 0.6 is 0 Å². The molecule has 0 aromatic rings. The maximum atomic E-state index is 10.3. The third kappa shape index (κ3) is 11.0. The van der Waals surface area contributed by atoms with Gasteiger partial charge in [0.15, 0.2) is 0 Å². The summed E-state index contributed by atoms with van der Waals surface area (Å²) in [5, 5.41) is 0. The molecule has 0 aromatic carbocycles. The molecule has 0 aliphatic heterocycles. The average Bonchev–Trinajstić information content (AvgIpc) is 1.35. The molecule has 0 fully saturated rings. The van der Waals surface area contributed by atoms with Gasteiger partial charge in [0.1, 0.15) is 0 Å². The van der Waals surface area contributed by atoms with Crippen LogP contribution in [0.25, 0.3) is 0 Å². The van der Waals surface area contributed by atoms with E-state index in [1.807, 2.05) is 0 Å². The van der Waals surface area contributed by atoms with E-state index in [4.69, 9.17) is 14.4 Å². The van der Waals surface area contributed by atoms with Crippen LogP contribution in [0.3, 0.4) is 0 Å². The van der Waals surface area contributed by atoms with Crippen LogP contribution in [0.5, 0.6) is 0 Å². The Balaban J connectivity index is 0. The Hall–Kier alpha value is 1.18. The summed E-state index contributed by atoms with van der Waals surface area (Å²) < 4.78 is 12.6. The second-order valence-electron chi connectivity index (χ2n) is 0.651. The van der Waals surface area contributed by atoms with Gasteiger partial charge in [-0.15, -0.1) is 0 Å². The van der Waals surface area contributed by atoms with E-state index in [9.17, 15) is 4.53 Å². The summed E-state index contributed by atoms with van der Waals surface area (Å²) in [5.41, 5.74) is 0.